The number of rotatable bonds is 3. The lowest BCUT2D eigenvalue weighted by Crippen LogP contribution is -2.54. The standard InChI is InChI=1S/C22H22F2N4O2/c23-13-4-3-12(17(24)6-13)8-25-22(30)16-10-26-11-19-27-5-1-2-14(27)9-28(19)18-7-15(20(18)26)21(16)29/h3-4,6-7,10,14,19,21,29H,1-2,5,8-9,11H2,(H,25,30). The van der Waals surface area contributed by atoms with Crippen molar-refractivity contribution < 1.29 is 18.7 Å². The molecule has 0 saturated carbocycles. The van der Waals surface area contributed by atoms with Gasteiger partial charge in [-0.15, -0.1) is 0 Å². The maximum atomic E-state index is 13.9. The van der Waals surface area contributed by atoms with Gasteiger partial charge in [0.25, 0.3) is 5.91 Å². The number of aliphatic hydroxyl groups is 1. The molecule has 0 aromatic heterocycles. The van der Waals surface area contributed by atoms with Crippen LogP contribution in [-0.4, -0.2) is 63.7 Å². The number of hydrogen-bond donors (Lipinski definition) is 2. The summed E-state index contributed by atoms with van der Waals surface area (Å²) in [5.74, 6) is -1.82. The van der Waals surface area contributed by atoms with Crippen LogP contribution < -0.4 is 5.32 Å². The van der Waals surface area contributed by atoms with Crippen molar-refractivity contribution in [1.29, 1.82) is 0 Å². The van der Waals surface area contributed by atoms with E-state index in [0.29, 0.717) is 6.04 Å². The molecule has 0 radical (unpaired) electrons. The van der Waals surface area contributed by atoms with Gasteiger partial charge in [-0.1, -0.05) is 6.07 Å². The Labute approximate surface area is 172 Å². The molecule has 0 spiro atoms. The van der Waals surface area contributed by atoms with Gasteiger partial charge in [-0.05, 0) is 25.0 Å². The van der Waals surface area contributed by atoms with Crippen LogP contribution in [0.1, 0.15) is 18.4 Å². The molecule has 3 unspecified atom stereocenters. The number of carbonyl (C=O) groups is 1. The van der Waals surface area contributed by atoms with Crippen molar-refractivity contribution >= 4 is 5.91 Å². The van der Waals surface area contributed by atoms with Gasteiger partial charge in [-0.25, -0.2) is 8.78 Å². The third-order valence-corrected chi connectivity index (χ3v) is 6.94. The summed E-state index contributed by atoms with van der Waals surface area (Å²) in [5, 5.41) is 13.4. The van der Waals surface area contributed by atoms with E-state index in [1.165, 1.54) is 18.9 Å². The van der Waals surface area contributed by atoms with Crippen molar-refractivity contribution in [2.24, 2.45) is 0 Å². The number of fused-ring (bicyclic) bond motifs is 4. The fraction of sp³-hybridized carbons (Fsp3) is 0.409. The van der Waals surface area contributed by atoms with Gasteiger partial charge < -0.3 is 20.2 Å². The number of hydrogen-bond acceptors (Lipinski definition) is 5. The van der Waals surface area contributed by atoms with Gasteiger partial charge in [0, 0.05) is 49.1 Å². The maximum absolute atomic E-state index is 13.9. The Morgan fingerprint density at radius 3 is 2.97 bits per heavy atom. The van der Waals surface area contributed by atoms with Crippen molar-refractivity contribution in [3.63, 3.8) is 0 Å². The lowest BCUT2D eigenvalue weighted by Gasteiger charge is -2.49. The van der Waals surface area contributed by atoms with E-state index in [9.17, 15) is 18.7 Å². The predicted octanol–water partition coefficient (Wildman–Crippen LogP) is 1.41. The van der Waals surface area contributed by atoms with Gasteiger partial charge in [0.2, 0.25) is 0 Å². The molecule has 156 valence electrons. The Kier molecular flexibility index (Phi) is 3.85. The first kappa shape index (κ1) is 18.1. The second-order valence-corrected chi connectivity index (χ2v) is 8.56. The molecular formula is C22H22F2N4O2. The topological polar surface area (TPSA) is 59.1 Å². The van der Waals surface area contributed by atoms with Gasteiger partial charge in [-0.2, -0.15) is 0 Å². The van der Waals surface area contributed by atoms with Crippen LogP contribution in [-0.2, 0) is 11.3 Å². The van der Waals surface area contributed by atoms with Crippen LogP contribution in [0.2, 0.25) is 0 Å². The molecule has 1 amide bonds. The average Bonchev–Trinajstić information content (AvgIpc) is 3.26. The van der Waals surface area contributed by atoms with Crippen LogP contribution in [0.4, 0.5) is 8.78 Å². The van der Waals surface area contributed by atoms with Crippen molar-refractivity contribution in [3.05, 3.63) is 70.2 Å². The summed E-state index contributed by atoms with van der Waals surface area (Å²) < 4.78 is 26.9. The lowest BCUT2D eigenvalue weighted by atomic mass is 9.84. The molecule has 8 heteroatoms. The highest BCUT2D eigenvalue weighted by Gasteiger charge is 2.51. The summed E-state index contributed by atoms with van der Waals surface area (Å²) >= 11 is 0. The first-order valence-corrected chi connectivity index (χ1v) is 10.4. The van der Waals surface area contributed by atoms with E-state index >= 15 is 0 Å². The van der Waals surface area contributed by atoms with E-state index < -0.39 is 23.6 Å². The summed E-state index contributed by atoms with van der Waals surface area (Å²) in [4.78, 5) is 19.8. The third kappa shape index (κ3) is 2.50. The van der Waals surface area contributed by atoms with Crippen molar-refractivity contribution in [2.75, 3.05) is 19.6 Å². The average molecular weight is 412 g/mol. The molecule has 4 heterocycles. The highest BCUT2D eigenvalue weighted by atomic mass is 19.1. The van der Waals surface area contributed by atoms with Crippen molar-refractivity contribution in [1.82, 2.24) is 20.0 Å². The van der Waals surface area contributed by atoms with Crippen LogP contribution in [0.25, 0.3) is 0 Å². The first-order chi connectivity index (χ1) is 14.5. The van der Waals surface area contributed by atoms with Crippen molar-refractivity contribution in [3.8, 4) is 0 Å². The number of nitrogens with one attached hydrogen (secondary N) is 1. The number of carbonyl (C=O) groups excluding carboxylic acids is 1. The van der Waals surface area contributed by atoms with Crippen molar-refractivity contribution in [2.45, 2.75) is 37.7 Å². The smallest absolute Gasteiger partial charge is 0.251 e. The molecule has 1 aromatic carbocycles. The zero-order chi connectivity index (χ0) is 20.6. The molecule has 2 saturated heterocycles. The van der Waals surface area contributed by atoms with E-state index in [-0.39, 0.29) is 23.8 Å². The molecule has 1 aromatic rings. The minimum absolute atomic E-state index is 0.0755. The highest BCUT2D eigenvalue weighted by Crippen LogP contribution is 2.47. The molecule has 5 aliphatic rings. The Hall–Kier alpha value is -2.71. The maximum Gasteiger partial charge on any atom is 0.251 e. The predicted molar refractivity (Wildman–Crippen MR) is 104 cm³/mol. The molecule has 2 N–H and O–H groups in total. The normalized spacial score (nSPS) is 29.1. The third-order valence-electron chi connectivity index (χ3n) is 6.94. The Morgan fingerprint density at radius 1 is 1.27 bits per heavy atom. The number of amides is 1. The molecule has 30 heavy (non-hydrogen) atoms. The van der Waals surface area contributed by atoms with E-state index in [1.807, 2.05) is 6.08 Å². The molecule has 6 nitrogen and oxygen atoms in total. The number of nitrogens with zero attached hydrogens (tertiary/aromatic N) is 3. The summed E-state index contributed by atoms with van der Waals surface area (Å²) in [6, 6.07) is 3.85. The van der Waals surface area contributed by atoms with Crippen LogP contribution in [0.15, 0.2) is 53.0 Å². The van der Waals surface area contributed by atoms with Gasteiger partial charge in [0.05, 0.1) is 23.5 Å². The molecular weight excluding hydrogens is 390 g/mol. The SMILES string of the molecule is O=C(NCc1ccc(F)cc1F)C1=CN2CC3N(CC4CCCN43)C3=C2C(=C3)C1O. The first-order valence-electron chi connectivity index (χ1n) is 10.4. The summed E-state index contributed by atoms with van der Waals surface area (Å²) in [6.07, 6.45) is 5.45. The summed E-state index contributed by atoms with van der Waals surface area (Å²) in [7, 11) is 0. The molecule has 4 aliphatic heterocycles. The highest BCUT2D eigenvalue weighted by molar-refractivity contribution is 5.96. The van der Waals surface area contributed by atoms with Gasteiger partial charge in [-0.3, -0.25) is 9.69 Å². The second kappa shape index (κ2) is 6.39. The van der Waals surface area contributed by atoms with E-state index in [0.717, 1.165) is 48.7 Å². The lowest BCUT2D eigenvalue weighted by molar-refractivity contribution is -0.118. The number of allylic oxidation sites excluding steroid dienone is 1. The van der Waals surface area contributed by atoms with Gasteiger partial charge in [0.1, 0.15) is 23.9 Å². The summed E-state index contributed by atoms with van der Waals surface area (Å²) in [6.45, 7) is 2.80. The van der Waals surface area contributed by atoms with Crippen LogP contribution >= 0.6 is 0 Å². The van der Waals surface area contributed by atoms with E-state index in [2.05, 4.69) is 20.0 Å². The van der Waals surface area contributed by atoms with Crippen LogP contribution in [0.5, 0.6) is 0 Å². The second-order valence-electron chi connectivity index (χ2n) is 8.56. The van der Waals surface area contributed by atoms with E-state index in [4.69, 9.17) is 0 Å². The van der Waals surface area contributed by atoms with Gasteiger partial charge in [0.15, 0.2) is 0 Å². The largest absolute Gasteiger partial charge is 0.383 e. The number of halogens is 2. The monoisotopic (exact) mass is 412 g/mol. The zero-order valence-electron chi connectivity index (χ0n) is 16.3. The Bertz CT molecular complexity index is 1050. The quantitative estimate of drug-likeness (QED) is 0.787. The fourth-order valence-electron chi connectivity index (χ4n) is 5.45. The number of aliphatic hydroxyl groups excluding tert-OH is 1. The van der Waals surface area contributed by atoms with Crippen LogP contribution in [0.3, 0.4) is 0 Å². The van der Waals surface area contributed by atoms with Gasteiger partial charge >= 0.3 is 0 Å². The van der Waals surface area contributed by atoms with Crippen LogP contribution in [0, 0.1) is 11.6 Å². The Balaban J connectivity index is 1.23. The molecule has 3 atom stereocenters. The molecule has 6 rings (SSSR count). The Morgan fingerprint density at radius 2 is 2.13 bits per heavy atom. The molecule has 0 bridgehead atoms. The minimum Gasteiger partial charge on any atom is -0.383 e. The fourth-order valence-corrected chi connectivity index (χ4v) is 5.45. The molecule has 1 aliphatic carbocycles. The number of benzene rings is 1. The molecule has 2 fully saturated rings. The van der Waals surface area contributed by atoms with E-state index in [1.54, 1.807) is 6.20 Å². The zero-order valence-corrected chi connectivity index (χ0v) is 16.3. The minimum atomic E-state index is -1.00. The summed E-state index contributed by atoms with van der Waals surface area (Å²) in [5.41, 5.74) is 3.37.